The van der Waals surface area contributed by atoms with Crippen LogP contribution < -0.4 is 0 Å². The second kappa shape index (κ2) is 4.17. The van der Waals surface area contributed by atoms with Gasteiger partial charge in [-0.2, -0.15) is 0 Å². The Morgan fingerprint density at radius 2 is 2.29 bits per heavy atom. The van der Waals surface area contributed by atoms with E-state index in [4.69, 9.17) is 5.11 Å². The molecule has 0 aromatic carbocycles. The molecule has 1 N–H and O–H groups in total. The van der Waals surface area contributed by atoms with Crippen LogP contribution in [0.4, 0.5) is 0 Å². The summed E-state index contributed by atoms with van der Waals surface area (Å²) in [6.07, 6.45) is 8.69. The predicted octanol–water partition coefficient (Wildman–Crippen LogP) is 3.57. The molecule has 0 heterocycles. The summed E-state index contributed by atoms with van der Waals surface area (Å²) in [5.74, 6) is 0.310. The first kappa shape index (κ1) is 12.2. The third kappa shape index (κ3) is 1.86. The lowest BCUT2D eigenvalue weighted by Crippen LogP contribution is -2.33. The molecular formula is C15H20O2. The highest BCUT2D eigenvalue weighted by Gasteiger charge is 2.44. The SMILES string of the molecule is C=C1C=C[C@@H](C(C)C)[C@]12CC=C(C(=O)O)CC2. The van der Waals surface area contributed by atoms with E-state index in [1.54, 1.807) is 0 Å². The van der Waals surface area contributed by atoms with Crippen molar-refractivity contribution < 1.29 is 9.90 Å². The van der Waals surface area contributed by atoms with Gasteiger partial charge in [-0.15, -0.1) is 0 Å². The molecule has 2 nitrogen and oxygen atoms in total. The molecule has 2 heteroatoms. The van der Waals surface area contributed by atoms with Gasteiger partial charge in [0.05, 0.1) is 0 Å². The monoisotopic (exact) mass is 232 g/mol. The van der Waals surface area contributed by atoms with Crippen molar-refractivity contribution in [2.75, 3.05) is 0 Å². The number of aliphatic carboxylic acids is 1. The van der Waals surface area contributed by atoms with Gasteiger partial charge in [0.25, 0.3) is 0 Å². The summed E-state index contributed by atoms with van der Waals surface area (Å²) in [7, 11) is 0. The van der Waals surface area contributed by atoms with E-state index < -0.39 is 5.97 Å². The molecule has 0 aliphatic heterocycles. The lowest BCUT2D eigenvalue weighted by atomic mass is 9.63. The van der Waals surface area contributed by atoms with E-state index in [0.29, 0.717) is 23.8 Å². The van der Waals surface area contributed by atoms with Gasteiger partial charge in [0.15, 0.2) is 0 Å². The van der Waals surface area contributed by atoms with E-state index in [2.05, 4.69) is 32.6 Å². The maximum Gasteiger partial charge on any atom is 0.331 e. The van der Waals surface area contributed by atoms with Gasteiger partial charge in [-0.05, 0) is 36.7 Å². The quantitative estimate of drug-likeness (QED) is 0.790. The molecule has 2 aliphatic rings. The molecule has 0 radical (unpaired) electrons. The van der Waals surface area contributed by atoms with Crippen LogP contribution in [-0.4, -0.2) is 11.1 Å². The van der Waals surface area contributed by atoms with Gasteiger partial charge in [-0.1, -0.05) is 38.7 Å². The number of allylic oxidation sites excluding steroid dienone is 4. The summed E-state index contributed by atoms with van der Waals surface area (Å²) < 4.78 is 0. The average Bonchev–Trinajstić information content (AvgIpc) is 2.57. The first-order valence-electron chi connectivity index (χ1n) is 6.27. The Hall–Kier alpha value is -1.31. The summed E-state index contributed by atoms with van der Waals surface area (Å²) in [6.45, 7) is 8.63. The van der Waals surface area contributed by atoms with Gasteiger partial charge in [0.2, 0.25) is 0 Å². The Morgan fingerprint density at radius 3 is 2.76 bits per heavy atom. The van der Waals surface area contributed by atoms with E-state index in [9.17, 15) is 4.79 Å². The Kier molecular flexibility index (Phi) is 2.98. The molecule has 0 amide bonds. The van der Waals surface area contributed by atoms with E-state index in [1.807, 2.05) is 6.08 Å². The summed E-state index contributed by atoms with van der Waals surface area (Å²) in [6, 6.07) is 0. The molecule has 2 aliphatic carbocycles. The van der Waals surface area contributed by atoms with Gasteiger partial charge < -0.3 is 5.11 Å². The summed E-state index contributed by atoms with van der Waals surface area (Å²) in [4.78, 5) is 10.9. The van der Waals surface area contributed by atoms with Crippen molar-refractivity contribution in [3.05, 3.63) is 36.0 Å². The Morgan fingerprint density at radius 1 is 1.59 bits per heavy atom. The predicted molar refractivity (Wildman–Crippen MR) is 68.6 cm³/mol. The van der Waals surface area contributed by atoms with Gasteiger partial charge in [0, 0.05) is 11.0 Å². The lowest BCUT2D eigenvalue weighted by molar-refractivity contribution is -0.133. The van der Waals surface area contributed by atoms with Crippen LogP contribution in [0.3, 0.4) is 0 Å². The van der Waals surface area contributed by atoms with E-state index >= 15 is 0 Å². The number of carboxylic acids is 1. The average molecular weight is 232 g/mol. The molecule has 17 heavy (non-hydrogen) atoms. The van der Waals surface area contributed by atoms with Crippen LogP contribution >= 0.6 is 0 Å². The van der Waals surface area contributed by atoms with Crippen molar-refractivity contribution in [2.24, 2.45) is 17.3 Å². The second-order valence-electron chi connectivity index (χ2n) is 5.55. The standard InChI is InChI=1S/C15H20O2/c1-10(2)13-5-4-11(3)15(13)8-6-12(7-9-15)14(16)17/h4-6,10,13H,3,7-9H2,1-2H3,(H,16,17)/t13-,15-/m0/s1. The minimum absolute atomic E-state index is 0.0904. The molecule has 0 fully saturated rings. The van der Waals surface area contributed by atoms with Crippen LogP contribution in [0.5, 0.6) is 0 Å². The van der Waals surface area contributed by atoms with Gasteiger partial charge in [0.1, 0.15) is 0 Å². The first-order chi connectivity index (χ1) is 7.97. The number of carbonyl (C=O) groups is 1. The fourth-order valence-electron chi connectivity index (χ4n) is 3.30. The van der Waals surface area contributed by atoms with Crippen LogP contribution in [0, 0.1) is 17.3 Å². The number of hydrogen-bond acceptors (Lipinski definition) is 1. The maximum atomic E-state index is 10.9. The zero-order valence-corrected chi connectivity index (χ0v) is 10.6. The summed E-state index contributed by atoms with van der Waals surface area (Å²) >= 11 is 0. The van der Waals surface area contributed by atoms with Crippen LogP contribution in [-0.2, 0) is 4.79 Å². The van der Waals surface area contributed by atoms with Crippen LogP contribution in [0.2, 0.25) is 0 Å². The molecule has 92 valence electrons. The summed E-state index contributed by atoms with van der Waals surface area (Å²) in [5.41, 5.74) is 1.84. The molecular weight excluding hydrogens is 212 g/mol. The zero-order chi connectivity index (χ0) is 12.6. The van der Waals surface area contributed by atoms with E-state index in [1.165, 1.54) is 5.57 Å². The highest BCUT2D eigenvalue weighted by atomic mass is 16.4. The van der Waals surface area contributed by atoms with Crippen molar-refractivity contribution >= 4 is 5.97 Å². The van der Waals surface area contributed by atoms with Crippen molar-refractivity contribution in [1.82, 2.24) is 0 Å². The number of rotatable bonds is 2. The third-order valence-corrected chi connectivity index (χ3v) is 4.33. The smallest absolute Gasteiger partial charge is 0.331 e. The molecule has 0 aromatic rings. The van der Waals surface area contributed by atoms with Crippen molar-refractivity contribution in [1.29, 1.82) is 0 Å². The minimum Gasteiger partial charge on any atom is -0.478 e. The topological polar surface area (TPSA) is 37.3 Å². The molecule has 1 spiro atoms. The Labute approximate surface area is 103 Å². The highest BCUT2D eigenvalue weighted by Crippen LogP contribution is 2.53. The minimum atomic E-state index is -0.766. The van der Waals surface area contributed by atoms with E-state index in [-0.39, 0.29) is 5.41 Å². The highest BCUT2D eigenvalue weighted by molar-refractivity contribution is 5.86. The van der Waals surface area contributed by atoms with Crippen LogP contribution in [0.1, 0.15) is 33.1 Å². The molecule has 0 bridgehead atoms. The molecule has 0 saturated heterocycles. The molecule has 2 rings (SSSR count). The van der Waals surface area contributed by atoms with Crippen molar-refractivity contribution in [2.45, 2.75) is 33.1 Å². The molecule has 0 aromatic heterocycles. The normalized spacial score (nSPS) is 32.3. The Bertz CT molecular complexity index is 415. The van der Waals surface area contributed by atoms with Crippen LogP contribution in [0.15, 0.2) is 36.0 Å². The van der Waals surface area contributed by atoms with Gasteiger partial charge in [-0.25, -0.2) is 4.79 Å². The maximum absolute atomic E-state index is 10.9. The number of hydrogen-bond donors (Lipinski definition) is 1. The molecule has 2 atom stereocenters. The first-order valence-corrected chi connectivity index (χ1v) is 6.27. The zero-order valence-electron chi connectivity index (χ0n) is 10.6. The number of carboxylic acid groups (broad SMARTS) is 1. The molecule has 0 unspecified atom stereocenters. The van der Waals surface area contributed by atoms with Gasteiger partial charge in [-0.3, -0.25) is 0 Å². The largest absolute Gasteiger partial charge is 0.478 e. The fourth-order valence-corrected chi connectivity index (χ4v) is 3.30. The lowest BCUT2D eigenvalue weighted by Gasteiger charge is -2.40. The van der Waals surface area contributed by atoms with Crippen molar-refractivity contribution in [3.63, 3.8) is 0 Å². The van der Waals surface area contributed by atoms with E-state index in [0.717, 1.165) is 12.8 Å². The van der Waals surface area contributed by atoms with Gasteiger partial charge >= 0.3 is 5.97 Å². The Balaban J connectivity index is 2.27. The van der Waals surface area contributed by atoms with Crippen LogP contribution in [0.25, 0.3) is 0 Å². The molecule has 0 saturated carbocycles. The summed E-state index contributed by atoms with van der Waals surface area (Å²) in [5, 5.41) is 9.00. The fraction of sp³-hybridized carbons (Fsp3) is 0.533. The third-order valence-electron chi connectivity index (χ3n) is 4.33. The van der Waals surface area contributed by atoms with Crippen molar-refractivity contribution in [3.8, 4) is 0 Å². The second-order valence-corrected chi connectivity index (χ2v) is 5.55.